The van der Waals surface area contributed by atoms with Crippen LogP contribution in [0.25, 0.3) is 0 Å². The summed E-state index contributed by atoms with van der Waals surface area (Å²) in [6.07, 6.45) is 3.14. The molecule has 0 amide bonds. The molecule has 0 radical (unpaired) electrons. The second-order valence-electron chi connectivity index (χ2n) is 6.04. The van der Waals surface area contributed by atoms with Crippen molar-refractivity contribution in [3.63, 3.8) is 0 Å². The summed E-state index contributed by atoms with van der Waals surface area (Å²) >= 11 is 0. The second-order valence-corrected chi connectivity index (χ2v) is 6.04. The second kappa shape index (κ2) is 6.18. The highest BCUT2D eigenvalue weighted by atomic mass is 19.1. The lowest BCUT2D eigenvalue weighted by Crippen LogP contribution is -2.47. The number of benzene rings is 1. The van der Waals surface area contributed by atoms with E-state index >= 15 is 0 Å². The van der Waals surface area contributed by atoms with Gasteiger partial charge in [-0.1, -0.05) is 6.42 Å². The van der Waals surface area contributed by atoms with Crippen molar-refractivity contribution in [1.29, 1.82) is 0 Å². The molecule has 22 heavy (non-hydrogen) atoms. The van der Waals surface area contributed by atoms with E-state index in [2.05, 4.69) is 10.2 Å². The van der Waals surface area contributed by atoms with Crippen LogP contribution in [0.2, 0.25) is 0 Å². The van der Waals surface area contributed by atoms with E-state index in [1.807, 2.05) is 0 Å². The Morgan fingerprint density at radius 2 is 2.05 bits per heavy atom. The monoisotopic (exact) mass is 309 g/mol. The smallest absolute Gasteiger partial charge is 0.313 e. The van der Waals surface area contributed by atoms with Gasteiger partial charge in [0.05, 0.1) is 11.0 Å². The molecule has 1 aromatic rings. The minimum atomic E-state index is -0.725. The Balaban J connectivity index is 2.01. The number of nitrogens with zero attached hydrogens (tertiary/aromatic N) is 2. The first-order valence-electron chi connectivity index (χ1n) is 7.69. The number of phenolic OH excluding ortho intramolecular Hbond substituents is 1. The number of hydrogen-bond donors (Lipinski definition) is 2. The third-order valence-corrected chi connectivity index (χ3v) is 4.74. The van der Waals surface area contributed by atoms with Crippen LogP contribution in [-0.4, -0.2) is 41.1 Å². The molecule has 0 aromatic heterocycles. The molecular formula is C15H20FN3O3. The normalized spacial score (nSPS) is 21.3. The van der Waals surface area contributed by atoms with Gasteiger partial charge >= 0.3 is 5.69 Å². The fourth-order valence-corrected chi connectivity index (χ4v) is 3.43. The molecule has 1 saturated heterocycles. The van der Waals surface area contributed by atoms with Gasteiger partial charge in [0.15, 0.2) is 5.75 Å². The summed E-state index contributed by atoms with van der Waals surface area (Å²) in [5.41, 5.74) is -0.187. The molecule has 0 spiro atoms. The summed E-state index contributed by atoms with van der Waals surface area (Å²) in [5.74, 6) is -0.730. The van der Waals surface area contributed by atoms with Crippen molar-refractivity contribution < 1.29 is 14.4 Å². The summed E-state index contributed by atoms with van der Waals surface area (Å²) in [6, 6.07) is 1.90. The summed E-state index contributed by atoms with van der Waals surface area (Å²) in [6.45, 7) is 3.26. The van der Waals surface area contributed by atoms with E-state index in [4.69, 9.17) is 0 Å². The van der Waals surface area contributed by atoms with Gasteiger partial charge in [-0.05, 0) is 24.8 Å². The number of halogens is 1. The molecule has 1 aliphatic carbocycles. The zero-order chi connectivity index (χ0) is 15.7. The van der Waals surface area contributed by atoms with Crippen molar-refractivity contribution in [3.8, 4) is 5.75 Å². The van der Waals surface area contributed by atoms with Crippen LogP contribution in [0.3, 0.4) is 0 Å². The van der Waals surface area contributed by atoms with Crippen molar-refractivity contribution in [1.82, 2.24) is 10.2 Å². The number of nitro benzene ring substituents is 1. The van der Waals surface area contributed by atoms with Crippen LogP contribution in [-0.2, 0) is 0 Å². The van der Waals surface area contributed by atoms with E-state index in [1.165, 1.54) is 6.07 Å². The molecule has 7 heteroatoms. The summed E-state index contributed by atoms with van der Waals surface area (Å²) in [4.78, 5) is 12.5. The maximum atomic E-state index is 13.8. The third-order valence-electron chi connectivity index (χ3n) is 4.74. The van der Waals surface area contributed by atoms with Crippen molar-refractivity contribution in [2.45, 2.75) is 25.3 Å². The first kappa shape index (κ1) is 15.2. The molecule has 0 bridgehead atoms. The van der Waals surface area contributed by atoms with Crippen LogP contribution in [0.5, 0.6) is 5.75 Å². The molecule has 1 atom stereocenters. The van der Waals surface area contributed by atoms with Crippen molar-refractivity contribution in [2.75, 3.05) is 26.2 Å². The first-order chi connectivity index (χ1) is 10.6. The lowest BCUT2D eigenvalue weighted by atomic mass is 9.76. The minimum Gasteiger partial charge on any atom is -0.502 e. The molecule has 2 fully saturated rings. The van der Waals surface area contributed by atoms with Gasteiger partial charge in [-0.15, -0.1) is 0 Å². The quantitative estimate of drug-likeness (QED) is 0.658. The van der Waals surface area contributed by atoms with E-state index in [-0.39, 0.29) is 11.8 Å². The molecule has 1 saturated carbocycles. The molecule has 6 nitrogen and oxygen atoms in total. The number of rotatable bonds is 4. The largest absolute Gasteiger partial charge is 0.502 e. The van der Waals surface area contributed by atoms with E-state index in [0.717, 1.165) is 51.5 Å². The highest BCUT2D eigenvalue weighted by Crippen LogP contribution is 2.46. The van der Waals surface area contributed by atoms with Crippen LogP contribution >= 0.6 is 0 Å². The van der Waals surface area contributed by atoms with Gasteiger partial charge in [0.25, 0.3) is 0 Å². The average Bonchev–Trinajstić information content (AvgIpc) is 2.45. The highest BCUT2D eigenvalue weighted by Gasteiger charge is 2.37. The van der Waals surface area contributed by atoms with Gasteiger partial charge in [0.2, 0.25) is 0 Å². The van der Waals surface area contributed by atoms with Gasteiger partial charge in [-0.3, -0.25) is 15.0 Å². The van der Waals surface area contributed by atoms with Crippen LogP contribution in [0.15, 0.2) is 12.1 Å². The Morgan fingerprint density at radius 3 is 2.59 bits per heavy atom. The van der Waals surface area contributed by atoms with E-state index < -0.39 is 16.4 Å². The van der Waals surface area contributed by atoms with Gasteiger partial charge in [0.1, 0.15) is 5.82 Å². The zero-order valence-corrected chi connectivity index (χ0v) is 12.3. The average molecular weight is 309 g/mol. The summed E-state index contributed by atoms with van der Waals surface area (Å²) in [5, 5.41) is 24.6. The molecular weight excluding hydrogens is 289 g/mol. The molecule has 2 aliphatic rings. The van der Waals surface area contributed by atoms with Crippen LogP contribution < -0.4 is 5.32 Å². The SMILES string of the molecule is O=[N+]([O-])c1cc(F)cc([C@@H](C2CCC2)N2CCNCC2)c1O. The fourth-order valence-electron chi connectivity index (χ4n) is 3.43. The van der Waals surface area contributed by atoms with Crippen molar-refractivity contribution >= 4 is 5.69 Å². The van der Waals surface area contributed by atoms with Crippen molar-refractivity contribution in [3.05, 3.63) is 33.6 Å². The number of piperazine rings is 1. The number of nitro groups is 1. The summed E-state index contributed by atoms with van der Waals surface area (Å²) in [7, 11) is 0. The third kappa shape index (κ3) is 2.78. The van der Waals surface area contributed by atoms with Gasteiger partial charge < -0.3 is 10.4 Å². The number of hydrogen-bond acceptors (Lipinski definition) is 5. The Bertz CT molecular complexity index is 571. The van der Waals surface area contributed by atoms with Crippen LogP contribution in [0.1, 0.15) is 30.9 Å². The van der Waals surface area contributed by atoms with Crippen LogP contribution in [0.4, 0.5) is 10.1 Å². The molecule has 1 heterocycles. The van der Waals surface area contributed by atoms with Gasteiger partial charge in [-0.2, -0.15) is 0 Å². The number of aromatic hydroxyl groups is 1. The Hall–Kier alpha value is -1.73. The van der Waals surface area contributed by atoms with Gasteiger partial charge in [0, 0.05) is 37.8 Å². The van der Waals surface area contributed by atoms with Gasteiger partial charge in [-0.25, -0.2) is 4.39 Å². The minimum absolute atomic E-state index is 0.148. The molecule has 3 rings (SSSR count). The predicted octanol–water partition coefficient (Wildman–Crippen LogP) is 2.19. The van der Waals surface area contributed by atoms with Crippen LogP contribution in [0, 0.1) is 21.8 Å². The standard InChI is InChI=1S/C15H20FN3O3/c16-11-8-12(15(20)13(9-11)19(21)22)14(10-2-1-3-10)18-6-4-17-5-7-18/h8-10,14,17,20H,1-7H2/t14-/m1/s1. The maximum absolute atomic E-state index is 13.8. The lowest BCUT2D eigenvalue weighted by Gasteiger charge is -2.43. The fraction of sp³-hybridized carbons (Fsp3) is 0.600. The molecule has 1 aromatic carbocycles. The number of nitrogens with one attached hydrogen (secondary N) is 1. The molecule has 120 valence electrons. The Kier molecular flexibility index (Phi) is 4.26. The maximum Gasteiger partial charge on any atom is 0.313 e. The molecule has 0 unspecified atom stereocenters. The molecule has 2 N–H and O–H groups in total. The Morgan fingerprint density at radius 1 is 1.36 bits per heavy atom. The zero-order valence-electron chi connectivity index (χ0n) is 12.3. The van der Waals surface area contributed by atoms with E-state index in [1.54, 1.807) is 0 Å². The van der Waals surface area contributed by atoms with Crippen molar-refractivity contribution in [2.24, 2.45) is 5.92 Å². The Labute approximate surface area is 128 Å². The molecule has 1 aliphatic heterocycles. The predicted molar refractivity (Wildman–Crippen MR) is 79.2 cm³/mol. The van der Waals surface area contributed by atoms with E-state index in [0.29, 0.717) is 11.5 Å². The summed E-state index contributed by atoms with van der Waals surface area (Å²) < 4.78 is 13.8. The lowest BCUT2D eigenvalue weighted by molar-refractivity contribution is -0.386. The highest BCUT2D eigenvalue weighted by molar-refractivity contribution is 5.52. The topological polar surface area (TPSA) is 78.6 Å². The van der Waals surface area contributed by atoms with E-state index in [9.17, 15) is 19.6 Å². The first-order valence-corrected chi connectivity index (χ1v) is 7.69. The number of phenols is 1.